The number of hydrogen-bond acceptors (Lipinski definition) is 3. The van der Waals surface area contributed by atoms with E-state index >= 15 is 0 Å². The van der Waals surface area contributed by atoms with Crippen LogP contribution in [0.4, 0.5) is 5.69 Å². The van der Waals surface area contributed by atoms with Gasteiger partial charge in [0.1, 0.15) is 0 Å². The van der Waals surface area contributed by atoms with E-state index in [0.29, 0.717) is 34.9 Å². The van der Waals surface area contributed by atoms with Gasteiger partial charge in [-0.05, 0) is 53.8 Å². The van der Waals surface area contributed by atoms with Gasteiger partial charge in [-0.2, -0.15) is 0 Å². The zero-order chi connectivity index (χ0) is 21.1. The van der Waals surface area contributed by atoms with Gasteiger partial charge in [0.2, 0.25) is 0 Å². The molecule has 0 radical (unpaired) electrons. The van der Waals surface area contributed by atoms with Crippen LogP contribution in [0.5, 0.6) is 0 Å². The number of amides is 2. The number of fused-ring (bicyclic) bond motifs is 1. The Hall–Kier alpha value is -2.89. The van der Waals surface area contributed by atoms with E-state index < -0.39 is 0 Å². The van der Waals surface area contributed by atoms with Crippen LogP contribution in [0.25, 0.3) is 10.8 Å². The highest BCUT2D eigenvalue weighted by molar-refractivity contribution is 6.31. The first-order valence-electron chi connectivity index (χ1n) is 10.1. The molecule has 2 amide bonds. The second kappa shape index (κ2) is 8.86. The third kappa shape index (κ3) is 4.18. The zero-order valence-electron chi connectivity index (χ0n) is 16.5. The van der Waals surface area contributed by atoms with Gasteiger partial charge in [0.25, 0.3) is 11.8 Å². The molecule has 1 heterocycles. The van der Waals surface area contributed by atoms with Crippen molar-refractivity contribution in [3.63, 3.8) is 0 Å². The number of halogens is 1. The van der Waals surface area contributed by atoms with E-state index in [0.717, 1.165) is 23.6 Å². The summed E-state index contributed by atoms with van der Waals surface area (Å²) in [6.45, 7) is 1.18. The van der Waals surface area contributed by atoms with E-state index in [2.05, 4.69) is 5.32 Å². The van der Waals surface area contributed by atoms with Crippen LogP contribution in [0.3, 0.4) is 0 Å². The van der Waals surface area contributed by atoms with Gasteiger partial charge in [-0.1, -0.05) is 48.0 Å². The minimum absolute atomic E-state index is 0.0595. The monoisotopic (exact) mass is 422 g/mol. The molecule has 1 unspecified atom stereocenters. The minimum Gasteiger partial charge on any atom is -0.396 e. The first-order chi connectivity index (χ1) is 14.6. The van der Waals surface area contributed by atoms with Crippen molar-refractivity contribution >= 4 is 39.9 Å². The molecule has 3 aromatic rings. The fourth-order valence-electron chi connectivity index (χ4n) is 3.98. The Morgan fingerprint density at radius 3 is 2.70 bits per heavy atom. The first kappa shape index (κ1) is 20.4. The smallest absolute Gasteiger partial charge is 0.256 e. The highest BCUT2D eigenvalue weighted by Gasteiger charge is 2.26. The van der Waals surface area contributed by atoms with Gasteiger partial charge in [-0.3, -0.25) is 9.59 Å². The van der Waals surface area contributed by atoms with Crippen molar-refractivity contribution in [1.29, 1.82) is 0 Å². The van der Waals surface area contributed by atoms with E-state index in [9.17, 15) is 14.7 Å². The molecule has 1 saturated heterocycles. The Balaban J connectivity index is 1.63. The van der Waals surface area contributed by atoms with E-state index in [4.69, 9.17) is 11.6 Å². The van der Waals surface area contributed by atoms with Gasteiger partial charge in [0.15, 0.2) is 0 Å². The molecule has 0 bridgehead atoms. The number of nitrogens with zero attached hydrogens (tertiary/aromatic N) is 1. The standard InChI is InChI=1S/C24H23ClN2O3/c25-18-10-11-22(21(13-18)24(30)27-12-4-5-16(14-27)15-28)26-23(29)20-9-3-7-17-6-1-2-8-19(17)20/h1-3,6-11,13,16,28H,4-5,12,14-15H2,(H,26,29). The second-order valence-corrected chi connectivity index (χ2v) is 8.05. The number of aliphatic hydroxyl groups excluding tert-OH is 1. The molecular weight excluding hydrogens is 400 g/mol. The van der Waals surface area contributed by atoms with Gasteiger partial charge < -0.3 is 15.3 Å². The number of rotatable bonds is 4. The van der Waals surface area contributed by atoms with Gasteiger partial charge in [0.05, 0.1) is 11.3 Å². The van der Waals surface area contributed by atoms with Crippen LogP contribution in [-0.4, -0.2) is 41.5 Å². The van der Waals surface area contributed by atoms with E-state index in [1.807, 2.05) is 36.4 Å². The first-order valence-corrected chi connectivity index (χ1v) is 10.4. The molecule has 0 aliphatic carbocycles. The van der Waals surface area contributed by atoms with Crippen molar-refractivity contribution in [2.24, 2.45) is 5.92 Å². The molecule has 0 saturated carbocycles. The Morgan fingerprint density at radius 1 is 1.07 bits per heavy atom. The van der Waals surface area contributed by atoms with Crippen molar-refractivity contribution in [1.82, 2.24) is 4.90 Å². The highest BCUT2D eigenvalue weighted by Crippen LogP contribution is 2.27. The Morgan fingerprint density at radius 2 is 1.87 bits per heavy atom. The SMILES string of the molecule is O=C(Nc1ccc(Cl)cc1C(=O)N1CCCC(CO)C1)c1cccc2ccccc12. The quantitative estimate of drug-likeness (QED) is 0.646. The van der Waals surface area contributed by atoms with Crippen LogP contribution in [0.15, 0.2) is 60.7 Å². The minimum atomic E-state index is -0.282. The molecule has 3 aromatic carbocycles. The molecule has 0 aromatic heterocycles. The van der Waals surface area contributed by atoms with Crippen LogP contribution in [0.1, 0.15) is 33.6 Å². The molecule has 0 spiro atoms. The number of benzene rings is 3. The van der Waals surface area contributed by atoms with Gasteiger partial charge in [-0.25, -0.2) is 0 Å². The van der Waals surface area contributed by atoms with Crippen LogP contribution in [0.2, 0.25) is 5.02 Å². The lowest BCUT2D eigenvalue weighted by Crippen LogP contribution is -2.41. The third-order valence-corrected chi connectivity index (χ3v) is 5.79. The maximum Gasteiger partial charge on any atom is 0.256 e. The molecule has 1 aliphatic heterocycles. The Kier molecular flexibility index (Phi) is 6.02. The van der Waals surface area contributed by atoms with E-state index in [1.165, 1.54) is 0 Å². The average molecular weight is 423 g/mol. The molecular formula is C24H23ClN2O3. The molecule has 1 fully saturated rings. The topological polar surface area (TPSA) is 69.6 Å². The summed E-state index contributed by atoms with van der Waals surface area (Å²) in [5.74, 6) is -0.394. The highest BCUT2D eigenvalue weighted by atomic mass is 35.5. The number of anilines is 1. The maximum absolute atomic E-state index is 13.2. The van der Waals surface area contributed by atoms with Crippen molar-refractivity contribution in [2.45, 2.75) is 12.8 Å². The Bertz CT molecular complexity index is 1090. The molecule has 154 valence electrons. The molecule has 5 nitrogen and oxygen atoms in total. The molecule has 2 N–H and O–H groups in total. The van der Waals surface area contributed by atoms with Crippen LogP contribution in [-0.2, 0) is 0 Å². The largest absolute Gasteiger partial charge is 0.396 e. The summed E-state index contributed by atoms with van der Waals surface area (Å²) in [5.41, 5.74) is 1.32. The number of likely N-dealkylation sites (tertiary alicyclic amines) is 1. The number of hydrogen-bond donors (Lipinski definition) is 2. The number of nitrogens with one attached hydrogen (secondary N) is 1. The summed E-state index contributed by atoms with van der Waals surface area (Å²) in [5, 5.41) is 14.6. The van der Waals surface area contributed by atoms with Crippen LogP contribution in [0, 0.1) is 5.92 Å². The summed E-state index contributed by atoms with van der Waals surface area (Å²) >= 11 is 6.16. The van der Waals surface area contributed by atoms with Crippen molar-refractivity contribution in [3.05, 3.63) is 76.8 Å². The number of carbonyl (C=O) groups excluding carboxylic acids is 2. The summed E-state index contributed by atoms with van der Waals surface area (Å²) in [4.78, 5) is 28.0. The molecule has 6 heteroatoms. The predicted molar refractivity (Wildman–Crippen MR) is 119 cm³/mol. The fourth-order valence-corrected chi connectivity index (χ4v) is 4.16. The lowest BCUT2D eigenvalue weighted by Gasteiger charge is -2.32. The normalized spacial score (nSPS) is 16.5. The summed E-state index contributed by atoms with van der Waals surface area (Å²) in [7, 11) is 0. The number of aliphatic hydroxyl groups is 1. The third-order valence-electron chi connectivity index (χ3n) is 5.56. The molecule has 1 atom stereocenters. The predicted octanol–water partition coefficient (Wildman–Crippen LogP) is 4.59. The molecule has 30 heavy (non-hydrogen) atoms. The molecule has 4 rings (SSSR count). The van der Waals surface area contributed by atoms with Crippen molar-refractivity contribution < 1.29 is 14.7 Å². The Labute approximate surface area is 180 Å². The summed E-state index contributed by atoms with van der Waals surface area (Å²) in [6.07, 6.45) is 1.75. The van der Waals surface area contributed by atoms with Gasteiger partial charge >= 0.3 is 0 Å². The van der Waals surface area contributed by atoms with Gasteiger partial charge in [0, 0.05) is 30.3 Å². The fraction of sp³-hybridized carbons (Fsp3) is 0.250. The molecule has 1 aliphatic rings. The van der Waals surface area contributed by atoms with Crippen molar-refractivity contribution in [2.75, 3.05) is 25.0 Å². The number of carbonyl (C=O) groups is 2. The summed E-state index contributed by atoms with van der Waals surface area (Å²) < 4.78 is 0. The van der Waals surface area contributed by atoms with Gasteiger partial charge in [-0.15, -0.1) is 0 Å². The van der Waals surface area contributed by atoms with E-state index in [-0.39, 0.29) is 24.3 Å². The number of piperidine rings is 1. The van der Waals surface area contributed by atoms with Crippen molar-refractivity contribution in [3.8, 4) is 0 Å². The lowest BCUT2D eigenvalue weighted by atomic mass is 9.98. The zero-order valence-corrected chi connectivity index (χ0v) is 17.2. The summed E-state index contributed by atoms with van der Waals surface area (Å²) in [6, 6.07) is 18.2. The lowest BCUT2D eigenvalue weighted by molar-refractivity contribution is 0.0621. The second-order valence-electron chi connectivity index (χ2n) is 7.61. The average Bonchev–Trinajstić information content (AvgIpc) is 2.79. The maximum atomic E-state index is 13.2. The van der Waals surface area contributed by atoms with E-state index in [1.54, 1.807) is 29.2 Å². The van der Waals surface area contributed by atoms with Crippen LogP contribution >= 0.6 is 11.6 Å². The van der Waals surface area contributed by atoms with Crippen LogP contribution < -0.4 is 5.32 Å².